The van der Waals surface area contributed by atoms with Crippen LogP contribution < -0.4 is 0 Å². The molecule has 0 saturated heterocycles. The van der Waals surface area contributed by atoms with Gasteiger partial charge in [0.15, 0.2) is 0 Å². The van der Waals surface area contributed by atoms with Gasteiger partial charge in [-0.15, -0.1) is 0 Å². The molecule has 0 spiro atoms. The maximum Gasteiger partial charge on any atom is 0.104 e. The summed E-state index contributed by atoms with van der Waals surface area (Å²) in [7, 11) is 0. The number of aromatic nitrogens is 4. The number of rotatable bonds is 11. The third kappa shape index (κ3) is 10.1. The summed E-state index contributed by atoms with van der Waals surface area (Å²) in [6.45, 7) is 0. The smallest absolute Gasteiger partial charge is 0.104 e. The van der Waals surface area contributed by atoms with Gasteiger partial charge in [0.2, 0.25) is 0 Å². The van der Waals surface area contributed by atoms with E-state index in [9.17, 15) is 21.0 Å². The van der Waals surface area contributed by atoms with Crippen LogP contribution in [0.4, 0.5) is 0 Å². The lowest BCUT2D eigenvalue weighted by molar-refractivity contribution is 1.12. The van der Waals surface area contributed by atoms with Crippen LogP contribution in [0.5, 0.6) is 0 Å². The molecule has 4 aromatic heterocycles. The Labute approximate surface area is 621 Å². The fourth-order valence-corrected chi connectivity index (χ4v) is 16.7. The summed E-state index contributed by atoms with van der Waals surface area (Å²) in [5.41, 5.74) is 26.2. The molecule has 20 rings (SSSR count). The molecule has 0 radical (unpaired) electrons. The SMILES string of the molecule is N#Cc1cccc(-c2cc(-n3c4ccccc4c4cc(-c5ccccc5)ccc43)c(C#N)c(-n3c4ccc(-c5ccccc5)cc4c4cc(-c5ccc6c(c5)c5ccc(-c7ccccc7)cc5n6-c5cc(-c6cccc(C#N)c6)cc(-n6c7ccccc7c7ccc(-c8ccccc8)cc76)c5C#N)ccc43)c2)c1. The summed E-state index contributed by atoms with van der Waals surface area (Å²) >= 11 is 0. The normalized spacial score (nSPS) is 11.5. The molecule has 8 heteroatoms. The van der Waals surface area contributed by atoms with Crippen molar-refractivity contribution in [3.8, 4) is 125 Å². The summed E-state index contributed by atoms with van der Waals surface area (Å²) in [6, 6.07) is 133. The number of nitriles is 4. The zero-order valence-electron chi connectivity index (χ0n) is 58.1. The average Bonchev–Trinajstić information content (AvgIpc) is 1.56. The molecule has 20 aromatic rings. The van der Waals surface area contributed by atoms with Crippen LogP contribution in [0, 0.1) is 45.3 Å². The maximum atomic E-state index is 12.1. The Balaban J connectivity index is 0.826. The molecule has 0 aliphatic rings. The minimum atomic E-state index is 0.480. The molecule has 8 nitrogen and oxygen atoms in total. The topological polar surface area (TPSA) is 115 Å². The van der Waals surface area contributed by atoms with E-state index >= 15 is 0 Å². The molecule has 0 unspecified atom stereocenters. The lowest BCUT2D eigenvalue weighted by Gasteiger charge is -2.19. The first-order chi connectivity index (χ1) is 53.4. The van der Waals surface area contributed by atoms with E-state index in [1.807, 2.05) is 72.8 Å². The summed E-state index contributed by atoms with van der Waals surface area (Å²) in [6.07, 6.45) is 0. The molecule has 4 heterocycles. The van der Waals surface area contributed by atoms with Crippen molar-refractivity contribution in [2.24, 2.45) is 0 Å². The fraction of sp³-hybridized carbons (Fsp3) is 0. The second-order valence-electron chi connectivity index (χ2n) is 27.6. The minimum Gasteiger partial charge on any atom is -0.308 e. The Kier molecular flexibility index (Phi) is 14.6. The summed E-state index contributed by atoms with van der Waals surface area (Å²) in [4.78, 5) is 0. The number of para-hydroxylation sites is 2. The second-order valence-corrected chi connectivity index (χ2v) is 27.6. The largest absolute Gasteiger partial charge is 0.308 e. The van der Waals surface area contributed by atoms with Crippen molar-refractivity contribution in [2.75, 3.05) is 0 Å². The van der Waals surface area contributed by atoms with E-state index in [0.29, 0.717) is 45.0 Å². The summed E-state index contributed by atoms with van der Waals surface area (Å²) < 4.78 is 9.04. The van der Waals surface area contributed by atoms with Gasteiger partial charge in [-0.1, -0.05) is 231 Å². The van der Waals surface area contributed by atoms with Crippen molar-refractivity contribution in [3.63, 3.8) is 0 Å². The highest BCUT2D eigenvalue weighted by atomic mass is 15.0. The Morgan fingerprint density at radius 2 is 0.407 bits per heavy atom. The van der Waals surface area contributed by atoms with Crippen LogP contribution in [0.2, 0.25) is 0 Å². The number of benzene rings is 16. The molecule has 498 valence electrons. The van der Waals surface area contributed by atoms with Gasteiger partial charge in [-0.05, 0) is 199 Å². The third-order valence-corrected chi connectivity index (χ3v) is 21.7. The predicted molar refractivity (Wildman–Crippen MR) is 441 cm³/mol. The van der Waals surface area contributed by atoms with Gasteiger partial charge in [-0.3, -0.25) is 0 Å². The van der Waals surface area contributed by atoms with Gasteiger partial charge >= 0.3 is 0 Å². The van der Waals surface area contributed by atoms with Crippen molar-refractivity contribution in [1.29, 1.82) is 21.0 Å². The van der Waals surface area contributed by atoms with Gasteiger partial charge in [0, 0.05) is 43.1 Å². The van der Waals surface area contributed by atoms with Crippen LogP contribution in [0.1, 0.15) is 22.3 Å². The molecule has 0 aliphatic carbocycles. The molecule has 0 aliphatic heterocycles. The van der Waals surface area contributed by atoms with Gasteiger partial charge in [0.1, 0.15) is 23.3 Å². The van der Waals surface area contributed by atoms with Crippen molar-refractivity contribution in [3.05, 3.63) is 374 Å². The molecule has 0 N–H and O–H groups in total. The van der Waals surface area contributed by atoms with Crippen molar-refractivity contribution >= 4 is 87.2 Å². The lowest BCUT2D eigenvalue weighted by Crippen LogP contribution is -2.05. The quantitative estimate of drug-likeness (QED) is 0.128. The van der Waals surface area contributed by atoms with Crippen LogP contribution in [0.15, 0.2) is 352 Å². The van der Waals surface area contributed by atoms with E-state index < -0.39 is 0 Å². The van der Waals surface area contributed by atoms with E-state index in [0.717, 1.165) is 165 Å². The van der Waals surface area contributed by atoms with Gasteiger partial charge in [0.25, 0.3) is 0 Å². The lowest BCUT2D eigenvalue weighted by atomic mass is 9.98. The highest BCUT2D eigenvalue weighted by molar-refractivity contribution is 6.16. The van der Waals surface area contributed by atoms with E-state index in [4.69, 9.17) is 0 Å². The number of hydrogen-bond acceptors (Lipinski definition) is 4. The van der Waals surface area contributed by atoms with Gasteiger partial charge in [0.05, 0.1) is 90.1 Å². The zero-order valence-corrected chi connectivity index (χ0v) is 58.1. The van der Waals surface area contributed by atoms with Crippen LogP contribution >= 0.6 is 0 Å². The molecule has 0 bridgehead atoms. The summed E-state index contributed by atoms with van der Waals surface area (Å²) in [5.74, 6) is 0. The number of fused-ring (bicyclic) bond motifs is 12. The van der Waals surface area contributed by atoms with E-state index in [2.05, 4.69) is 322 Å². The Hall–Kier alpha value is -15.3. The highest BCUT2D eigenvalue weighted by Gasteiger charge is 2.27. The molecular formula is C100H58N8. The third-order valence-electron chi connectivity index (χ3n) is 21.7. The van der Waals surface area contributed by atoms with Crippen LogP contribution in [0.3, 0.4) is 0 Å². The first-order valence-electron chi connectivity index (χ1n) is 36.0. The van der Waals surface area contributed by atoms with Gasteiger partial charge < -0.3 is 18.3 Å². The van der Waals surface area contributed by atoms with Crippen LogP contribution in [-0.2, 0) is 0 Å². The number of nitrogens with zero attached hydrogens (tertiary/aromatic N) is 8. The molecular weight excluding hydrogens is 1310 g/mol. The number of hydrogen-bond donors (Lipinski definition) is 0. The minimum absolute atomic E-state index is 0.480. The van der Waals surface area contributed by atoms with Crippen LogP contribution in [-0.4, -0.2) is 18.3 Å². The van der Waals surface area contributed by atoms with Crippen LogP contribution in [0.25, 0.3) is 188 Å². The predicted octanol–water partition coefficient (Wildman–Crippen LogP) is 25.2. The first-order valence-corrected chi connectivity index (χ1v) is 36.0. The molecule has 108 heavy (non-hydrogen) atoms. The Morgan fingerprint density at radius 3 is 0.759 bits per heavy atom. The molecule has 0 atom stereocenters. The Bertz CT molecular complexity index is 7330. The van der Waals surface area contributed by atoms with Gasteiger partial charge in [-0.25, -0.2) is 0 Å². The first kappa shape index (κ1) is 62.5. The molecule has 0 saturated carbocycles. The maximum absolute atomic E-state index is 12.1. The van der Waals surface area contributed by atoms with Crippen molar-refractivity contribution in [2.45, 2.75) is 0 Å². The standard InChI is InChI=1S/C100H58N8/c101-59-63-19-17-29-69(47-63)77-55-97(105-90-34-16-14-32-80(90)83-49-71(37-43-91(83)105)65-21-5-1-6-22-65)87(61-103)98(56-77)106-93-44-38-72(66-23-7-2-8-24-66)50-85(93)86-52-74(40-46-94(86)106)73-39-45-92-84(51-73)82-42-36-76(68-27-11-4-12-28-68)54-96(82)108(92)100-58-78(70-30-18-20-64(48-70)60-102)57-99(88(100)62-104)107-89-33-15-13-31-79(89)81-41-35-75(53-95(81)107)67-25-9-3-10-26-67/h1-58H. The average molecular weight is 1370 g/mol. The zero-order chi connectivity index (χ0) is 72.1. The van der Waals surface area contributed by atoms with E-state index in [-0.39, 0.29) is 0 Å². The van der Waals surface area contributed by atoms with Crippen molar-refractivity contribution < 1.29 is 0 Å². The van der Waals surface area contributed by atoms with E-state index in [1.54, 1.807) is 0 Å². The second kappa shape index (κ2) is 25.3. The van der Waals surface area contributed by atoms with Crippen molar-refractivity contribution in [1.82, 2.24) is 18.3 Å². The molecule has 0 amide bonds. The van der Waals surface area contributed by atoms with Gasteiger partial charge in [-0.2, -0.15) is 21.0 Å². The summed E-state index contributed by atoms with van der Waals surface area (Å²) in [5, 5.41) is 53.2. The Morgan fingerprint density at radius 1 is 0.157 bits per heavy atom. The van der Waals surface area contributed by atoms with E-state index in [1.165, 1.54) is 0 Å². The molecule has 16 aromatic carbocycles. The monoisotopic (exact) mass is 1370 g/mol. The molecule has 0 fully saturated rings. The highest BCUT2D eigenvalue weighted by Crippen LogP contribution is 2.47. The fourth-order valence-electron chi connectivity index (χ4n) is 16.7.